The van der Waals surface area contributed by atoms with Gasteiger partial charge in [-0.15, -0.1) is 0 Å². The van der Waals surface area contributed by atoms with Gasteiger partial charge >= 0.3 is 0 Å². The quantitative estimate of drug-likeness (QED) is 0.681. The summed E-state index contributed by atoms with van der Waals surface area (Å²) < 4.78 is 27.2. The predicted octanol–water partition coefficient (Wildman–Crippen LogP) is 2.51. The van der Waals surface area contributed by atoms with Crippen molar-refractivity contribution in [2.45, 2.75) is 18.6 Å². The first-order valence-corrected chi connectivity index (χ1v) is 9.32. The van der Waals surface area contributed by atoms with Crippen LogP contribution in [0.1, 0.15) is 23.2 Å². The van der Waals surface area contributed by atoms with Gasteiger partial charge in [-0.3, -0.25) is 4.79 Å². The third-order valence-corrected chi connectivity index (χ3v) is 5.41. The molecule has 1 aromatic carbocycles. The second-order valence-electron chi connectivity index (χ2n) is 7.00. The fourth-order valence-electron chi connectivity index (χ4n) is 3.92. The predicted molar refractivity (Wildman–Crippen MR) is 98.2 cm³/mol. The standard InChI is InChI=1S/C20H19FN4O3/c21-16-4-2-1-3-14(16)17-5-8-22-18-15(13-23-25(17)18)19(26)24-9-6-20(7-10-24)27-11-12-28-20/h1-5,8,13H,6-7,9-12H2. The Kier molecular flexibility index (Phi) is 4.10. The molecule has 2 saturated heterocycles. The highest BCUT2D eigenvalue weighted by molar-refractivity contribution is 6.00. The number of fused-ring (bicyclic) bond motifs is 1. The minimum absolute atomic E-state index is 0.138. The van der Waals surface area contributed by atoms with Crippen molar-refractivity contribution in [1.29, 1.82) is 0 Å². The van der Waals surface area contributed by atoms with Gasteiger partial charge in [-0.2, -0.15) is 5.10 Å². The Morgan fingerprint density at radius 1 is 1.11 bits per heavy atom. The van der Waals surface area contributed by atoms with Crippen LogP contribution >= 0.6 is 0 Å². The number of likely N-dealkylation sites (tertiary alicyclic amines) is 1. The minimum atomic E-state index is -0.534. The lowest BCUT2D eigenvalue weighted by molar-refractivity contribution is -0.181. The SMILES string of the molecule is O=C(c1cnn2c(-c3ccccc3F)ccnc12)N1CCC2(CC1)OCCO2. The van der Waals surface area contributed by atoms with E-state index in [1.165, 1.54) is 16.8 Å². The van der Waals surface area contributed by atoms with Gasteiger partial charge in [-0.05, 0) is 18.2 Å². The van der Waals surface area contributed by atoms with Crippen LogP contribution in [0.15, 0.2) is 42.7 Å². The van der Waals surface area contributed by atoms with Gasteiger partial charge < -0.3 is 14.4 Å². The van der Waals surface area contributed by atoms with Gasteiger partial charge in [0.05, 0.1) is 25.1 Å². The maximum Gasteiger partial charge on any atom is 0.259 e. The van der Waals surface area contributed by atoms with E-state index in [1.54, 1.807) is 35.4 Å². The molecule has 4 heterocycles. The summed E-state index contributed by atoms with van der Waals surface area (Å²) >= 11 is 0. The van der Waals surface area contributed by atoms with E-state index in [9.17, 15) is 9.18 Å². The van der Waals surface area contributed by atoms with Crippen molar-refractivity contribution in [3.8, 4) is 11.3 Å². The van der Waals surface area contributed by atoms with Crippen molar-refractivity contribution in [2.24, 2.45) is 0 Å². The van der Waals surface area contributed by atoms with Crippen LogP contribution in [0, 0.1) is 5.82 Å². The van der Waals surface area contributed by atoms with Crippen molar-refractivity contribution in [2.75, 3.05) is 26.3 Å². The minimum Gasteiger partial charge on any atom is -0.347 e. The molecule has 0 unspecified atom stereocenters. The lowest BCUT2D eigenvalue weighted by Gasteiger charge is -2.37. The van der Waals surface area contributed by atoms with Crippen LogP contribution in [0.4, 0.5) is 4.39 Å². The van der Waals surface area contributed by atoms with Crippen LogP contribution in [0.3, 0.4) is 0 Å². The number of ether oxygens (including phenoxy) is 2. The number of benzene rings is 1. The molecular formula is C20H19FN4O3. The topological polar surface area (TPSA) is 69.0 Å². The van der Waals surface area contributed by atoms with E-state index in [4.69, 9.17) is 9.47 Å². The van der Waals surface area contributed by atoms with Crippen LogP contribution in [0.25, 0.3) is 16.9 Å². The molecule has 7 nitrogen and oxygen atoms in total. The Labute approximate surface area is 160 Å². The average Bonchev–Trinajstić information content (AvgIpc) is 3.36. The molecule has 2 aromatic heterocycles. The van der Waals surface area contributed by atoms with E-state index in [-0.39, 0.29) is 11.7 Å². The number of carbonyl (C=O) groups is 1. The van der Waals surface area contributed by atoms with E-state index in [2.05, 4.69) is 10.1 Å². The molecule has 0 bridgehead atoms. The highest BCUT2D eigenvalue weighted by atomic mass is 19.1. The van der Waals surface area contributed by atoms with E-state index in [0.717, 1.165) is 0 Å². The molecular weight excluding hydrogens is 363 g/mol. The molecule has 0 atom stereocenters. The first-order chi connectivity index (χ1) is 13.7. The molecule has 144 valence electrons. The third kappa shape index (κ3) is 2.76. The Balaban J connectivity index is 1.45. The summed E-state index contributed by atoms with van der Waals surface area (Å²) in [5.74, 6) is -1.02. The van der Waals surface area contributed by atoms with Crippen LogP contribution in [-0.2, 0) is 9.47 Å². The van der Waals surface area contributed by atoms with Gasteiger partial charge in [-0.25, -0.2) is 13.9 Å². The molecule has 2 aliphatic rings. The van der Waals surface area contributed by atoms with Crippen LogP contribution in [0.2, 0.25) is 0 Å². The maximum atomic E-state index is 14.2. The summed E-state index contributed by atoms with van der Waals surface area (Å²) in [6.45, 7) is 2.29. The zero-order chi connectivity index (χ0) is 19.1. The number of rotatable bonds is 2. The van der Waals surface area contributed by atoms with Crippen molar-refractivity contribution in [3.05, 3.63) is 54.1 Å². The van der Waals surface area contributed by atoms with Crippen molar-refractivity contribution < 1.29 is 18.7 Å². The molecule has 5 rings (SSSR count). The number of hydrogen-bond donors (Lipinski definition) is 0. The molecule has 1 spiro atoms. The Hall–Kier alpha value is -2.84. The van der Waals surface area contributed by atoms with E-state index in [1.807, 2.05) is 0 Å². The number of nitrogens with zero attached hydrogens (tertiary/aromatic N) is 4. The lowest BCUT2D eigenvalue weighted by atomic mass is 10.0. The van der Waals surface area contributed by atoms with Gasteiger partial charge in [0.25, 0.3) is 5.91 Å². The lowest BCUT2D eigenvalue weighted by Crippen LogP contribution is -2.47. The summed E-state index contributed by atoms with van der Waals surface area (Å²) in [5, 5.41) is 4.31. The van der Waals surface area contributed by atoms with Crippen LogP contribution in [0.5, 0.6) is 0 Å². The monoisotopic (exact) mass is 382 g/mol. The smallest absolute Gasteiger partial charge is 0.259 e. The Morgan fingerprint density at radius 3 is 2.61 bits per heavy atom. The molecule has 1 amide bonds. The highest BCUT2D eigenvalue weighted by Crippen LogP contribution is 2.32. The van der Waals surface area contributed by atoms with E-state index in [0.29, 0.717) is 61.6 Å². The average molecular weight is 382 g/mol. The molecule has 8 heteroatoms. The summed E-state index contributed by atoms with van der Waals surface area (Å²) in [6.07, 6.45) is 4.36. The first kappa shape index (κ1) is 17.3. The van der Waals surface area contributed by atoms with Gasteiger partial charge in [0.15, 0.2) is 11.4 Å². The van der Waals surface area contributed by atoms with Crippen molar-refractivity contribution in [1.82, 2.24) is 19.5 Å². The molecule has 2 fully saturated rings. The second-order valence-corrected chi connectivity index (χ2v) is 7.00. The summed E-state index contributed by atoms with van der Waals surface area (Å²) in [4.78, 5) is 19.2. The van der Waals surface area contributed by atoms with Crippen LogP contribution < -0.4 is 0 Å². The number of aromatic nitrogens is 3. The maximum absolute atomic E-state index is 14.2. The van der Waals surface area contributed by atoms with Gasteiger partial charge in [-0.1, -0.05) is 12.1 Å². The molecule has 0 saturated carbocycles. The number of piperidine rings is 1. The zero-order valence-electron chi connectivity index (χ0n) is 15.2. The molecule has 0 N–H and O–H groups in total. The van der Waals surface area contributed by atoms with Crippen molar-refractivity contribution >= 4 is 11.6 Å². The Morgan fingerprint density at radius 2 is 1.86 bits per heavy atom. The van der Waals surface area contributed by atoms with Crippen molar-refractivity contribution in [3.63, 3.8) is 0 Å². The largest absolute Gasteiger partial charge is 0.347 e. The van der Waals surface area contributed by atoms with Gasteiger partial charge in [0.2, 0.25) is 0 Å². The third-order valence-electron chi connectivity index (χ3n) is 5.41. The first-order valence-electron chi connectivity index (χ1n) is 9.32. The van der Waals surface area contributed by atoms with Crippen LogP contribution in [-0.4, -0.2) is 57.5 Å². The molecule has 2 aliphatic heterocycles. The normalized spacial score (nSPS) is 18.8. The number of amides is 1. The second kappa shape index (κ2) is 6.65. The summed E-state index contributed by atoms with van der Waals surface area (Å²) in [5.41, 5.74) is 1.78. The van der Waals surface area contributed by atoms with E-state index < -0.39 is 5.79 Å². The van der Waals surface area contributed by atoms with Gasteiger partial charge in [0.1, 0.15) is 11.4 Å². The molecule has 28 heavy (non-hydrogen) atoms. The highest BCUT2D eigenvalue weighted by Gasteiger charge is 2.41. The zero-order valence-corrected chi connectivity index (χ0v) is 15.2. The summed E-state index contributed by atoms with van der Waals surface area (Å²) in [7, 11) is 0. The summed E-state index contributed by atoms with van der Waals surface area (Å²) in [6, 6.07) is 8.16. The van der Waals surface area contributed by atoms with E-state index >= 15 is 0 Å². The Bertz CT molecular complexity index is 1030. The van der Waals surface area contributed by atoms with Gasteiger partial charge in [0, 0.05) is 37.7 Å². The fourth-order valence-corrected chi connectivity index (χ4v) is 3.92. The number of hydrogen-bond acceptors (Lipinski definition) is 5. The number of halogens is 1. The molecule has 0 aliphatic carbocycles. The molecule has 0 radical (unpaired) electrons. The molecule has 3 aromatic rings. The fraction of sp³-hybridized carbons (Fsp3) is 0.350. The number of carbonyl (C=O) groups excluding carboxylic acids is 1.